The molecule has 0 amide bonds. The molecule has 5 nitrogen and oxygen atoms in total. The van der Waals surface area contributed by atoms with E-state index in [1.165, 1.54) is 0 Å². The molecule has 6 heteroatoms. The minimum atomic E-state index is -1.09. The van der Waals surface area contributed by atoms with Crippen molar-refractivity contribution in [1.29, 1.82) is 0 Å². The van der Waals surface area contributed by atoms with Crippen LogP contribution < -0.4 is 0 Å². The summed E-state index contributed by atoms with van der Waals surface area (Å²) in [4.78, 5) is 22.1. The molecule has 0 aliphatic carbocycles. The second kappa shape index (κ2) is 7.15. The van der Waals surface area contributed by atoms with Gasteiger partial charge in [-0.3, -0.25) is 14.9 Å². The first-order valence-corrected chi connectivity index (χ1v) is 7.02. The molecular weight excluding hydrogens is 277 g/mol. The number of halogens is 1. The van der Waals surface area contributed by atoms with Crippen molar-refractivity contribution in [2.45, 2.75) is 46.0 Å². The van der Waals surface area contributed by atoms with E-state index in [0.717, 1.165) is 24.6 Å². The molecule has 0 saturated heterocycles. The van der Waals surface area contributed by atoms with Crippen molar-refractivity contribution < 1.29 is 19.2 Å². The summed E-state index contributed by atoms with van der Waals surface area (Å²) in [6, 6.07) is 3.17. The van der Waals surface area contributed by atoms with Crippen LogP contribution in [0.2, 0.25) is 0 Å². The van der Waals surface area contributed by atoms with Gasteiger partial charge in [-0.1, -0.05) is 26.7 Å². The van der Waals surface area contributed by atoms with Gasteiger partial charge in [0.05, 0.1) is 10.3 Å². The van der Waals surface area contributed by atoms with Crippen LogP contribution in [0.15, 0.2) is 18.2 Å². The summed E-state index contributed by atoms with van der Waals surface area (Å²) < 4.78 is 13.4. The first-order chi connectivity index (χ1) is 9.86. The van der Waals surface area contributed by atoms with Crippen LogP contribution >= 0.6 is 0 Å². The quantitative estimate of drug-likeness (QED) is 0.582. The van der Waals surface area contributed by atoms with Gasteiger partial charge in [-0.25, -0.2) is 4.39 Å². The van der Waals surface area contributed by atoms with Gasteiger partial charge >= 0.3 is 5.97 Å². The van der Waals surface area contributed by atoms with E-state index in [-0.39, 0.29) is 17.7 Å². The number of unbranched alkanes of at least 4 members (excludes halogenated alkanes) is 1. The molecule has 0 spiro atoms. The average molecular weight is 297 g/mol. The maximum absolute atomic E-state index is 13.4. The summed E-state index contributed by atoms with van der Waals surface area (Å²) in [5.41, 5.74) is -1.18. The molecule has 0 fully saturated rings. The number of carbonyl (C=O) groups is 1. The normalized spacial score (nSPS) is 13.7. The molecule has 0 aromatic heterocycles. The molecular formula is C15H20FNO4. The van der Waals surface area contributed by atoms with Gasteiger partial charge in [0.15, 0.2) is 0 Å². The molecule has 1 unspecified atom stereocenters. The van der Waals surface area contributed by atoms with Gasteiger partial charge in [-0.15, -0.1) is 0 Å². The second-order valence-electron chi connectivity index (χ2n) is 5.25. The molecule has 21 heavy (non-hydrogen) atoms. The van der Waals surface area contributed by atoms with Crippen molar-refractivity contribution in [1.82, 2.24) is 0 Å². The summed E-state index contributed by atoms with van der Waals surface area (Å²) in [6.07, 6.45) is 2.27. The molecule has 1 N–H and O–H groups in total. The number of aliphatic carboxylic acids is 1. The van der Waals surface area contributed by atoms with Gasteiger partial charge in [0.25, 0.3) is 5.69 Å². The highest BCUT2D eigenvalue weighted by atomic mass is 19.1. The summed E-state index contributed by atoms with van der Waals surface area (Å²) in [5, 5.41) is 20.6. The third kappa shape index (κ3) is 4.00. The Balaban J connectivity index is 3.22. The van der Waals surface area contributed by atoms with E-state index in [2.05, 4.69) is 0 Å². The SMILES string of the molecule is CCCCC(CC)(Cc1cc(F)ccc1[N+](=O)[O-])C(=O)O. The van der Waals surface area contributed by atoms with E-state index in [0.29, 0.717) is 19.3 Å². The highest BCUT2D eigenvalue weighted by Gasteiger charge is 2.38. The lowest BCUT2D eigenvalue weighted by atomic mass is 9.75. The standard InChI is InChI=1S/C15H20FNO4/c1-3-5-8-15(4-2,14(18)19)10-11-9-12(16)6-7-13(11)17(20)21/h6-7,9H,3-5,8,10H2,1-2H3,(H,18,19). The van der Waals surface area contributed by atoms with Gasteiger partial charge in [0.2, 0.25) is 0 Å². The van der Waals surface area contributed by atoms with Gasteiger partial charge in [0.1, 0.15) is 5.82 Å². The van der Waals surface area contributed by atoms with E-state index < -0.39 is 22.1 Å². The van der Waals surface area contributed by atoms with E-state index in [4.69, 9.17) is 0 Å². The summed E-state index contributed by atoms with van der Waals surface area (Å²) in [7, 11) is 0. The molecule has 0 bridgehead atoms. The largest absolute Gasteiger partial charge is 0.481 e. The lowest BCUT2D eigenvalue weighted by Gasteiger charge is -2.28. The topological polar surface area (TPSA) is 80.4 Å². The summed E-state index contributed by atoms with van der Waals surface area (Å²) >= 11 is 0. The number of carboxylic acid groups (broad SMARTS) is 1. The summed E-state index contributed by atoms with van der Waals surface area (Å²) in [5.74, 6) is -1.58. The monoisotopic (exact) mass is 297 g/mol. The molecule has 1 aromatic rings. The van der Waals surface area contributed by atoms with Gasteiger partial charge in [-0.2, -0.15) is 0 Å². The molecule has 0 radical (unpaired) electrons. The first-order valence-electron chi connectivity index (χ1n) is 7.02. The highest BCUT2D eigenvalue weighted by Crippen LogP contribution is 2.36. The van der Waals surface area contributed by atoms with Crippen molar-refractivity contribution in [3.05, 3.63) is 39.7 Å². The van der Waals surface area contributed by atoms with Crippen molar-refractivity contribution in [3.8, 4) is 0 Å². The van der Waals surface area contributed by atoms with Crippen molar-refractivity contribution >= 4 is 11.7 Å². The smallest absolute Gasteiger partial charge is 0.309 e. The maximum Gasteiger partial charge on any atom is 0.309 e. The molecule has 0 heterocycles. The Kier molecular flexibility index (Phi) is 5.81. The van der Waals surface area contributed by atoms with Crippen LogP contribution in [0.1, 0.15) is 45.1 Å². The molecule has 1 rings (SSSR count). The lowest BCUT2D eigenvalue weighted by molar-refractivity contribution is -0.385. The zero-order valence-corrected chi connectivity index (χ0v) is 12.3. The second-order valence-corrected chi connectivity index (χ2v) is 5.25. The number of nitrogens with zero attached hydrogens (tertiary/aromatic N) is 1. The zero-order chi connectivity index (χ0) is 16.0. The van der Waals surface area contributed by atoms with Crippen LogP contribution in [0.25, 0.3) is 0 Å². The number of hydrogen-bond acceptors (Lipinski definition) is 3. The minimum absolute atomic E-state index is 0.0348. The molecule has 1 atom stereocenters. The van der Waals surface area contributed by atoms with E-state index in [1.54, 1.807) is 6.92 Å². The highest BCUT2D eigenvalue weighted by molar-refractivity contribution is 5.75. The van der Waals surface area contributed by atoms with Gasteiger partial charge in [0, 0.05) is 11.6 Å². The van der Waals surface area contributed by atoms with Gasteiger partial charge < -0.3 is 5.11 Å². The van der Waals surface area contributed by atoms with Crippen LogP contribution in [0.5, 0.6) is 0 Å². The molecule has 1 aromatic carbocycles. The first kappa shape index (κ1) is 17.1. The average Bonchev–Trinajstić information content (AvgIpc) is 2.42. The Bertz CT molecular complexity index is 532. The van der Waals surface area contributed by atoms with Crippen LogP contribution in [0.4, 0.5) is 10.1 Å². The lowest BCUT2D eigenvalue weighted by Crippen LogP contribution is -2.33. The number of benzene rings is 1. The molecule has 116 valence electrons. The number of nitro benzene ring substituents is 1. The fourth-order valence-corrected chi connectivity index (χ4v) is 2.48. The molecule has 0 aliphatic heterocycles. The number of nitro groups is 1. The van der Waals surface area contributed by atoms with Crippen LogP contribution in [0, 0.1) is 21.3 Å². The van der Waals surface area contributed by atoms with Crippen LogP contribution in [0.3, 0.4) is 0 Å². The third-order valence-corrected chi connectivity index (χ3v) is 3.91. The van der Waals surface area contributed by atoms with Crippen LogP contribution in [-0.2, 0) is 11.2 Å². The Morgan fingerprint density at radius 3 is 2.57 bits per heavy atom. The fourth-order valence-electron chi connectivity index (χ4n) is 2.48. The predicted octanol–water partition coefficient (Wildman–Crippen LogP) is 3.95. The van der Waals surface area contributed by atoms with Crippen LogP contribution in [-0.4, -0.2) is 16.0 Å². The number of rotatable bonds is 8. The summed E-state index contributed by atoms with van der Waals surface area (Å²) in [6.45, 7) is 3.70. The van der Waals surface area contributed by atoms with E-state index in [9.17, 15) is 24.4 Å². The van der Waals surface area contributed by atoms with Crippen molar-refractivity contribution in [3.63, 3.8) is 0 Å². The van der Waals surface area contributed by atoms with E-state index >= 15 is 0 Å². The molecule has 0 saturated carbocycles. The Morgan fingerprint density at radius 2 is 2.10 bits per heavy atom. The Hall–Kier alpha value is -1.98. The third-order valence-electron chi connectivity index (χ3n) is 3.91. The van der Waals surface area contributed by atoms with E-state index in [1.807, 2.05) is 6.92 Å². The number of hydrogen-bond donors (Lipinski definition) is 1. The van der Waals surface area contributed by atoms with Crippen molar-refractivity contribution in [2.75, 3.05) is 0 Å². The fraction of sp³-hybridized carbons (Fsp3) is 0.533. The minimum Gasteiger partial charge on any atom is -0.481 e. The number of carboxylic acids is 1. The maximum atomic E-state index is 13.4. The Morgan fingerprint density at radius 1 is 1.43 bits per heavy atom. The van der Waals surface area contributed by atoms with Gasteiger partial charge in [-0.05, 0) is 31.4 Å². The van der Waals surface area contributed by atoms with Crippen molar-refractivity contribution in [2.24, 2.45) is 5.41 Å². The zero-order valence-electron chi connectivity index (χ0n) is 12.3. The predicted molar refractivity (Wildman–Crippen MR) is 76.6 cm³/mol. The molecule has 0 aliphatic rings. The Labute approximate surface area is 122 Å².